The summed E-state index contributed by atoms with van der Waals surface area (Å²) in [6, 6.07) is 31.4. The van der Waals surface area contributed by atoms with Crippen molar-refractivity contribution in [3.8, 4) is 22.5 Å². The van der Waals surface area contributed by atoms with Crippen molar-refractivity contribution >= 4 is 17.7 Å². The summed E-state index contributed by atoms with van der Waals surface area (Å²) in [6.45, 7) is 0.692. The lowest BCUT2D eigenvalue weighted by Crippen LogP contribution is -2.27. The van der Waals surface area contributed by atoms with Gasteiger partial charge in [0.25, 0.3) is 0 Å². The van der Waals surface area contributed by atoms with E-state index in [4.69, 9.17) is 4.98 Å². The summed E-state index contributed by atoms with van der Waals surface area (Å²) < 4.78 is 2.25. The van der Waals surface area contributed by atoms with E-state index in [1.54, 1.807) is 0 Å². The van der Waals surface area contributed by atoms with Crippen LogP contribution in [0.25, 0.3) is 22.5 Å². The summed E-state index contributed by atoms with van der Waals surface area (Å²) in [5.74, 6) is 0.444. The lowest BCUT2D eigenvalue weighted by molar-refractivity contribution is -0.118. The van der Waals surface area contributed by atoms with Crippen molar-refractivity contribution in [1.29, 1.82) is 0 Å². The van der Waals surface area contributed by atoms with E-state index in [2.05, 4.69) is 70.5 Å². The molecule has 1 fully saturated rings. The Morgan fingerprint density at radius 3 is 2.09 bits per heavy atom. The minimum Gasteiger partial charge on any atom is -0.353 e. The Labute approximate surface area is 192 Å². The number of nitrogens with one attached hydrogen (secondary N) is 1. The second kappa shape index (κ2) is 9.45. The van der Waals surface area contributed by atoms with Crippen molar-refractivity contribution in [1.82, 2.24) is 14.9 Å². The fourth-order valence-electron chi connectivity index (χ4n) is 3.77. The van der Waals surface area contributed by atoms with Gasteiger partial charge < -0.3 is 9.88 Å². The minimum absolute atomic E-state index is 0.0780. The maximum absolute atomic E-state index is 12.4. The monoisotopic (exact) mass is 439 g/mol. The molecule has 4 nitrogen and oxygen atoms in total. The van der Waals surface area contributed by atoms with Gasteiger partial charge in [0.2, 0.25) is 5.91 Å². The molecule has 0 atom stereocenters. The average molecular weight is 440 g/mol. The number of aromatic nitrogens is 2. The molecule has 1 aliphatic carbocycles. The van der Waals surface area contributed by atoms with Gasteiger partial charge in [0.05, 0.1) is 23.7 Å². The van der Waals surface area contributed by atoms with Crippen molar-refractivity contribution in [2.75, 3.05) is 5.75 Å². The third-order valence-electron chi connectivity index (χ3n) is 5.49. The number of hydrogen-bond donors (Lipinski definition) is 1. The topological polar surface area (TPSA) is 46.9 Å². The van der Waals surface area contributed by atoms with Crippen LogP contribution in [0.2, 0.25) is 0 Å². The molecule has 1 aliphatic rings. The lowest BCUT2D eigenvalue weighted by atomic mass is 10.0. The third-order valence-corrected chi connectivity index (χ3v) is 6.46. The number of carbonyl (C=O) groups excluding carboxylic acids is 1. The van der Waals surface area contributed by atoms with Crippen molar-refractivity contribution in [3.05, 3.63) is 96.6 Å². The quantitative estimate of drug-likeness (QED) is 0.362. The molecule has 5 rings (SSSR count). The normalized spacial score (nSPS) is 13.1. The molecule has 1 saturated carbocycles. The SMILES string of the molecule is O=C(CSc1nc(-c2ccccc2)c(-c2ccccc2)n1Cc1ccccc1)NC1CC1. The molecule has 0 aliphatic heterocycles. The van der Waals surface area contributed by atoms with Gasteiger partial charge in [-0.25, -0.2) is 4.98 Å². The molecule has 1 amide bonds. The zero-order valence-corrected chi connectivity index (χ0v) is 18.6. The molecular formula is C27H25N3OS. The van der Waals surface area contributed by atoms with Crippen molar-refractivity contribution in [2.45, 2.75) is 30.6 Å². The van der Waals surface area contributed by atoms with E-state index in [9.17, 15) is 4.79 Å². The van der Waals surface area contributed by atoms with Crippen LogP contribution in [0.4, 0.5) is 0 Å². The molecule has 5 heteroatoms. The molecule has 1 heterocycles. The van der Waals surface area contributed by atoms with Gasteiger partial charge in [0, 0.05) is 17.2 Å². The molecule has 0 unspecified atom stereocenters. The number of amides is 1. The smallest absolute Gasteiger partial charge is 0.230 e. The molecule has 1 aromatic heterocycles. The summed E-state index contributed by atoms with van der Waals surface area (Å²) in [5, 5.41) is 3.94. The Balaban J connectivity index is 1.59. The average Bonchev–Trinajstić information content (AvgIpc) is 3.59. The Morgan fingerprint density at radius 1 is 0.875 bits per heavy atom. The van der Waals surface area contributed by atoms with Crippen LogP contribution in [-0.2, 0) is 11.3 Å². The fourth-order valence-corrected chi connectivity index (χ4v) is 4.58. The van der Waals surface area contributed by atoms with Gasteiger partial charge in [0.15, 0.2) is 5.16 Å². The van der Waals surface area contributed by atoms with Gasteiger partial charge in [-0.2, -0.15) is 0 Å². The highest BCUT2D eigenvalue weighted by atomic mass is 32.2. The first-order valence-corrected chi connectivity index (χ1v) is 11.9. The first-order chi connectivity index (χ1) is 15.8. The highest BCUT2D eigenvalue weighted by molar-refractivity contribution is 7.99. The molecular weight excluding hydrogens is 414 g/mol. The molecule has 3 aromatic carbocycles. The van der Waals surface area contributed by atoms with Crippen LogP contribution in [0.1, 0.15) is 18.4 Å². The molecule has 0 radical (unpaired) electrons. The van der Waals surface area contributed by atoms with Gasteiger partial charge in [0.1, 0.15) is 0 Å². The van der Waals surface area contributed by atoms with Gasteiger partial charge in [-0.1, -0.05) is 103 Å². The first kappa shape index (κ1) is 20.6. The standard InChI is InChI=1S/C27H25N3OS/c31-24(28-23-16-17-23)19-32-27-29-25(21-12-6-2-7-13-21)26(22-14-8-3-9-15-22)30(27)18-20-10-4-1-5-11-20/h1-15,23H,16-19H2,(H,28,31). The Bertz CT molecular complexity index is 1190. The number of nitrogens with zero attached hydrogens (tertiary/aromatic N) is 2. The van der Waals surface area contributed by atoms with Crippen LogP contribution >= 0.6 is 11.8 Å². The van der Waals surface area contributed by atoms with Gasteiger partial charge in [-0.15, -0.1) is 0 Å². The summed E-state index contributed by atoms with van der Waals surface area (Å²) in [6.07, 6.45) is 2.19. The summed E-state index contributed by atoms with van der Waals surface area (Å²) in [5.41, 5.74) is 5.40. The number of imidazole rings is 1. The molecule has 0 bridgehead atoms. The molecule has 160 valence electrons. The maximum atomic E-state index is 12.4. The Morgan fingerprint density at radius 2 is 1.47 bits per heavy atom. The van der Waals surface area contributed by atoms with Crippen LogP contribution in [0, 0.1) is 0 Å². The molecule has 32 heavy (non-hydrogen) atoms. The zero-order valence-electron chi connectivity index (χ0n) is 17.8. The number of hydrogen-bond acceptors (Lipinski definition) is 3. The predicted molar refractivity (Wildman–Crippen MR) is 131 cm³/mol. The lowest BCUT2D eigenvalue weighted by Gasteiger charge is -2.13. The first-order valence-electron chi connectivity index (χ1n) is 11.0. The van der Waals surface area contributed by atoms with E-state index >= 15 is 0 Å². The zero-order chi connectivity index (χ0) is 21.8. The summed E-state index contributed by atoms with van der Waals surface area (Å²) in [7, 11) is 0. The number of benzene rings is 3. The molecule has 4 aromatic rings. The van der Waals surface area contributed by atoms with Gasteiger partial charge in [-0.05, 0) is 18.4 Å². The highest BCUT2D eigenvalue weighted by Gasteiger charge is 2.25. The van der Waals surface area contributed by atoms with Crippen LogP contribution in [-0.4, -0.2) is 27.3 Å². The van der Waals surface area contributed by atoms with Crippen LogP contribution in [0.3, 0.4) is 0 Å². The van der Waals surface area contributed by atoms with Gasteiger partial charge in [-0.3, -0.25) is 4.79 Å². The van der Waals surface area contributed by atoms with Crippen LogP contribution in [0.5, 0.6) is 0 Å². The van der Waals surface area contributed by atoms with E-state index in [-0.39, 0.29) is 5.91 Å². The van der Waals surface area contributed by atoms with E-state index in [1.165, 1.54) is 17.3 Å². The number of thioether (sulfide) groups is 1. The van der Waals surface area contributed by atoms with Crippen LogP contribution in [0.15, 0.2) is 96.2 Å². The largest absolute Gasteiger partial charge is 0.353 e. The molecule has 0 saturated heterocycles. The van der Waals surface area contributed by atoms with E-state index in [0.29, 0.717) is 18.3 Å². The van der Waals surface area contributed by atoms with Crippen molar-refractivity contribution < 1.29 is 4.79 Å². The van der Waals surface area contributed by atoms with Gasteiger partial charge >= 0.3 is 0 Å². The maximum Gasteiger partial charge on any atom is 0.230 e. The van der Waals surface area contributed by atoms with Crippen molar-refractivity contribution in [2.24, 2.45) is 0 Å². The predicted octanol–water partition coefficient (Wildman–Crippen LogP) is 5.64. The van der Waals surface area contributed by atoms with E-state index in [1.807, 2.05) is 30.3 Å². The summed E-state index contributed by atoms with van der Waals surface area (Å²) in [4.78, 5) is 17.5. The second-order valence-electron chi connectivity index (χ2n) is 8.03. The Hall–Kier alpha value is -3.31. The second-order valence-corrected chi connectivity index (χ2v) is 8.97. The highest BCUT2D eigenvalue weighted by Crippen LogP contribution is 2.36. The van der Waals surface area contributed by atoms with Crippen LogP contribution < -0.4 is 5.32 Å². The molecule has 0 spiro atoms. The van der Waals surface area contributed by atoms with Crippen molar-refractivity contribution in [3.63, 3.8) is 0 Å². The van der Waals surface area contributed by atoms with E-state index in [0.717, 1.165) is 40.5 Å². The third kappa shape index (κ3) is 4.78. The fraction of sp³-hybridized carbons (Fsp3) is 0.185. The number of rotatable bonds is 8. The number of carbonyl (C=O) groups is 1. The molecule has 1 N–H and O–H groups in total. The Kier molecular flexibility index (Phi) is 6.08. The summed E-state index contributed by atoms with van der Waals surface area (Å²) >= 11 is 1.51. The van der Waals surface area contributed by atoms with E-state index < -0.39 is 0 Å². The minimum atomic E-state index is 0.0780.